The van der Waals surface area contributed by atoms with Crippen molar-refractivity contribution in [3.63, 3.8) is 0 Å². The molecule has 1 heterocycles. The largest absolute Gasteiger partial charge is 0.447 e. The van der Waals surface area contributed by atoms with E-state index in [0.29, 0.717) is 6.61 Å². The van der Waals surface area contributed by atoms with Crippen molar-refractivity contribution in [3.05, 3.63) is 35.9 Å². The quantitative estimate of drug-likeness (QED) is 0.672. The lowest BCUT2D eigenvalue weighted by atomic mass is 10.1. The molecule has 0 bridgehead atoms. The van der Waals surface area contributed by atoms with Crippen molar-refractivity contribution in [2.75, 3.05) is 6.61 Å². The molecule has 3 nitrogen and oxygen atoms in total. The van der Waals surface area contributed by atoms with Crippen molar-refractivity contribution in [3.8, 4) is 0 Å². The summed E-state index contributed by atoms with van der Waals surface area (Å²) in [5.74, 6) is 0. The number of ether oxygens (including phenoxy) is 1. The topological polar surface area (TPSA) is 38.3 Å². The molecule has 1 N–H and O–H groups in total. The summed E-state index contributed by atoms with van der Waals surface area (Å²) in [5.41, 5.74) is 1.21. The van der Waals surface area contributed by atoms with E-state index < -0.39 is 0 Å². The van der Waals surface area contributed by atoms with Gasteiger partial charge in [-0.15, -0.1) is 0 Å². The molecule has 2 atom stereocenters. The molecule has 0 unspecified atom stereocenters. The van der Waals surface area contributed by atoms with E-state index in [0.717, 1.165) is 0 Å². The smallest absolute Gasteiger partial charge is 0.407 e. The van der Waals surface area contributed by atoms with E-state index in [1.807, 2.05) is 18.2 Å². The van der Waals surface area contributed by atoms with E-state index in [2.05, 4.69) is 40.0 Å². The normalized spacial score (nSPS) is 22.6. The number of nitrogens with one attached hydrogen (secondary N) is 1. The monoisotopic (exact) mass is 303 g/mol. The first-order valence-corrected chi connectivity index (χ1v) is 5.64. The molecule has 1 aliphatic rings. The minimum Gasteiger partial charge on any atom is -0.447 e. The fourth-order valence-electron chi connectivity index (χ4n) is 1.43. The lowest BCUT2D eigenvalue weighted by Crippen LogP contribution is -2.29. The van der Waals surface area contributed by atoms with Gasteiger partial charge in [-0.05, 0) is 5.56 Å². The van der Waals surface area contributed by atoms with Gasteiger partial charge in [0.25, 0.3) is 0 Å². The number of carbonyl (C=O) groups excluding carboxylic acids is 1. The molecule has 1 saturated heterocycles. The van der Waals surface area contributed by atoms with E-state index in [9.17, 15) is 4.79 Å². The number of cyclic esters (lactones) is 1. The molecule has 1 aliphatic heterocycles. The maximum Gasteiger partial charge on any atom is 0.407 e. The van der Waals surface area contributed by atoms with Crippen LogP contribution in [0.2, 0.25) is 0 Å². The molecule has 0 spiro atoms. The molecular formula is C10H10INO2. The molecule has 4 heteroatoms. The summed E-state index contributed by atoms with van der Waals surface area (Å²) in [6.45, 7) is 0.460. The highest BCUT2D eigenvalue weighted by Crippen LogP contribution is 2.28. The third kappa shape index (κ3) is 2.00. The summed E-state index contributed by atoms with van der Waals surface area (Å²) in [6, 6.07) is 10.2. The van der Waals surface area contributed by atoms with Crippen LogP contribution in [-0.2, 0) is 4.74 Å². The van der Waals surface area contributed by atoms with Gasteiger partial charge in [0, 0.05) is 0 Å². The zero-order chi connectivity index (χ0) is 9.97. The molecular weight excluding hydrogens is 293 g/mol. The highest BCUT2D eigenvalue weighted by atomic mass is 127. The molecule has 1 aromatic carbocycles. The van der Waals surface area contributed by atoms with Gasteiger partial charge in [-0.25, -0.2) is 4.79 Å². The molecule has 0 saturated carbocycles. The number of halogens is 1. The second kappa shape index (κ2) is 4.16. The fourth-order valence-corrected chi connectivity index (χ4v) is 2.23. The van der Waals surface area contributed by atoms with Crippen LogP contribution < -0.4 is 5.32 Å². The molecule has 1 fully saturated rings. The van der Waals surface area contributed by atoms with E-state index in [4.69, 9.17) is 4.74 Å². The first-order valence-electron chi connectivity index (χ1n) is 4.39. The minimum atomic E-state index is -0.312. The lowest BCUT2D eigenvalue weighted by molar-refractivity contribution is 0.177. The van der Waals surface area contributed by atoms with E-state index in [-0.39, 0.29) is 16.1 Å². The Hall–Kier alpha value is -0.780. The van der Waals surface area contributed by atoms with E-state index >= 15 is 0 Å². The number of amides is 1. The zero-order valence-corrected chi connectivity index (χ0v) is 9.60. The molecule has 0 aromatic heterocycles. The van der Waals surface area contributed by atoms with E-state index in [1.54, 1.807) is 0 Å². The average Bonchev–Trinajstić information content (AvgIpc) is 2.65. The molecule has 74 valence electrons. The second-order valence-corrected chi connectivity index (χ2v) is 4.50. The Balaban J connectivity index is 2.09. The minimum absolute atomic E-state index is 0.0884. The number of hydrogen-bond donors (Lipinski definition) is 1. The molecule has 14 heavy (non-hydrogen) atoms. The SMILES string of the molecule is O=C1N[C@@H]([C@@H](I)c2ccccc2)CO1. The van der Waals surface area contributed by atoms with Gasteiger partial charge in [0.2, 0.25) is 0 Å². The Morgan fingerprint density at radius 2 is 2.14 bits per heavy atom. The maximum absolute atomic E-state index is 10.9. The molecule has 0 radical (unpaired) electrons. The van der Waals surface area contributed by atoms with Crippen LogP contribution in [0.1, 0.15) is 9.49 Å². The Morgan fingerprint density at radius 3 is 2.71 bits per heavy atom. The number of carbonyl (C=O) groups is 1. The first kappa shape index (κ1) is 9.76. The van der Waals surface area contributed by atoms with Crippen LogP contribution in [0.5, 0.6) is 0 Å². The Morgan fingerprint density at radius 1 is 1.43 bits per heavy atom. The first-order chi connectivity index (χ1) is 6.77. The number of hydrogen-bond acceptors (Lipinski definition) is 2. The van der Waals surface area contributed by atoms with Crippen molar-refractivity contribution in [2.45, 2.75) is 9.97 Å². The summed E-state index contributed by atoms with van der Waals surface area (Å²) in [6.07, 6.45) is -0.312. The summed E-state index contributed by atoms with van der Waals surface area (Å²) < 4.78 is 5.12. The fraction of sp³-hybridized carbons (Fsp3) is 0.300. The molecule has 1 aromatic rings. The van der Waals surface area contributed by atoms with Gasteiger partial charge < -0.3 is 10.1 Å². The number of alkyl carbamates (subject to hydrolysis) is 1. The van der Waals surface area contributed by atoms with Crippen molar-refractivity contribution in [1.82, 2.24) is 5.32 Å². The highest BCUT2D eigenvalue weighted by Gasteiger charge is 2.29. The van der Waals surface area contributed by atoms with Gasteiger partial charge in [0.05, 0.1) is 9.97 Å². The summed E-state index contributed by atoms with van der Waals surface area (Å²) in [4.78, 5) is 10.9. The van der Waals surface area contributed by atoms with Gasteiger partial charge >= 0.3 is 6.09 Å². The Labute approximate surface area is 96.0 Å². The second-order valence-electron chi connectivity index (χ2n) is 3.16. The number of rotatable bonds is 2. The summed E-state index contributed by atoms with van der Waals surface area (Å²) >= 11 is 2.32. The van der Waals surface area contributed by atoms with Crippen molar-refractivity contribution >= 4 is 28.7 Å². The van der Waals surface area contributed by atoms with Crippen LogP contribution in [0, 0.1) is 0 Å². The Kier molecular flexibility index (Phi) is 2.90. The molecule has 0 aliphatic carbocycles. The van der Waals surface area contributed by atoms with Gasteiger partial charge in [0.1, 0.15) is 6.61 Å². The van der Waals surface area contributed by atoms with Crippen LogP contribution in [-0.4, -0.2) is 18.7 Å². The standard InChI is InChI=1S/C10H10INO2/c11-9(7-4-2-1-3-5-7)8-6-14-10(13)12-8/h1-5,8-9H,6H2,(H,12,13)/t8-,9+/m1/s1. The van der Waals surface area contributed by atoms with Gasteiger partial charge in [-0.1, -0.05) is 52.9 Å². The highest BCUT2D eigenvalue weighted by molar-refractivity contribution is 14.1. The zero-order valence-electron chi connectivity index (χ0n) is 7.44. The number of alkyl halides is 1. The summed E-state index contributed by atoms with van der Waals surface area (Å²) in [5, 5.41) is 2.78. The molecule has 1 amide bonds. The lowest BCUT2D eigenvalue weighted by Gasteiger charge is -2.15. The van der Waals surface area contributed by atoms with Crippen molar-refractivity contribution in [1.29, 1.82) is 0 Å². The van der Waals surface area contributed by atoms with Crippen LogP contribution in [0.4, 0.5) is 4.79 Å². The van der Waals surface area contributed by atoms with Gasteiger partial charge in [-0.2, -0.15) is 0 Å². The third-order valence-corrected chi connectivity index (χ3v) is 3.76. The van der Waals surface area contributed by atoms with Crippen molar-refractivity contribution < 1.29 is 9.53 Å². The van der Waals surface area contributed by atoms with E-state index in [1.165, 1.54) is 5.56 Å². The van der Waals surface area contributed by atoms with Crippen LogP contribution in [0.15, 0.2) is 30.3 Å². The third-order valence-electron chi connectivity index (χ3n) is 2.17. The van der Waals surface area contributed by atoms with Crippen LogP contribution >= 0.6 is 22.6 Å². The van der Waals surface area contributed by atoms with Gasteiger partial charge in [0.15, 0.2) is 0 Å². The maximum atomic E-state index is 10.9. The van der Waals surface area contributed by atoms with Crippen molar-refractivity contribution in [2.24, 2.45) is 0 Å². The van der Waals surface area contributed by atoms with Crippen LogP contribution in [0.25, 0.3) is 0 Å². The number of benzene rings is 1. The predicted molar refractivity (Wildman–Crippen MR) is 61.5 cm³/mol. The molecule has 2 rings (SSSR count). The summed E-state index contributed by atoms with van der Waals surface area (Å²) in [7, 11) is 0. The average molecular weight is 303 g/mol. The van der Waals surface area contributed by atoms with Gasteiger partial charge in [-0.3, -0.25) is 0 Å². The Bertz CT molecular complexity index is 328. The van der Waals surface area contributed by atoms with Crippen LogP contribution in [0.3, 0.4) is 0 Å². The predicted octanol–water partition coefficient (Wildman–Crippen LogP) is 2.27.